The maximum Gasteiger partial charge on any atom is 0.223 e. The fourth-order valence-corrected chi connectivity index (χ4v) is 4.51. The first-order chi connectivity index (χ1) is 15.6. The van der Waals surface area contributed by atoms with E-state index in [-0.39, 0.29) is 5.91 Å². The third-order valence-corrected chi connectivity index (χ3v) is 6.62. The second kappa shape index (κ2) is 10.6. The van der Waals surface area contributed by atoms with Gasteiger partial charge in [-0.2, -0.15) is 0 Å². The molecule has 172 valence electrons. The number of carbonyl (C=O) groups is 1. The third-order valence-electron chi connectivity index (χ3n) is 6.62. The van der Waals surface area contributed by atoms with Crippen molar-refractivity contribution in [2.75, 3.05) is 19.6 Å². The van der Waals surface area contributed by atoms with Crippen molar-refractivity contribution in [3.8, 4) is 0 Å². The SMILES string of the molecule is Cc1nnc(CN=C(NCC2CC(=O)N(CCc3ccccc3)C2)NC2CCCC2)n1C. The van der Waals surface area contributed by atoms with Crippen molar-refractivity contribution in [2.45, 2.75) is 58.0 Å². The molecule has 2 aliphatic rings. The molecule has 2 N–H and O–H groups in total. The summed E-state index contributed by atoms with van der Waals surface area (Å²) < 4.78 is 1.97. The topological polar surface area (TPSA) is 87.4 Å². The van der Waals surface area contributed by atoms with Crippen LogP contribution in [0.2, 0.25) is 0 Å². The number of carbonyl (C=O) groups excluding carboxylic acids is 1. The summed E-state index contributed by atoms with van der Waals surface area (Å²) in [4.78, 5) is 19.3. The summed E-state index contributed by atoms with van der Waals surface area (Å²) in [5, 5.41) is 15.4. The Kier molecular flexibility index (Phi) is 7.39. The number of nitrogens with zero attached hydrogens (tertiary/aromatic N) is 5. The number of aromatic nitrogens is 3. The highest BCUT2D eigenvalue weighted by Crippen LogP contribution is 2.19. The monoisotopic (exact) mass is 437 g/mol. The Morgan fingerprint density at radius 3 is 2.69 bits per heavy atom. The highest BCUT2D eigenvalue weighted by Gasteiger charge is 2.29. The van der Waals surface area contributed by atoms with Gasteiger partial charge in [0.1, 0.15) is 12.4 Å². The van der Waals surface area contributed by atoms with Gasteiger partial charge in [0, 0.05) is 45.1 Å². The first-order valence-electron chi connectivity index (χ1n) is 11.8. The van der Waals surface area contributed by atoms with Gasteiger partial charge in [0.25, 0.3) is 0 Å². The standard InChI is InChI=1S/C24H35N7O/c1-18-28-29-22(30(18)2)16-26-24(27-21-10-6-7-11-21)25-15-20-14-23(32)31(17-20)13-12-19-8-4-3-5-9-19/h3-5,8-9,20-21H,6-7,10-17H2,1-2H3,(H2,25,26,27). The van der Waals surface area contributed by atoms with Crippen LogP contribution in [-0.2, 0) is 24.8 Å². The van der Waals surface area contributed by atoms with Crippen molar-refractivity contribution in [1.82, 2.24) is 30.3 Å². The lowest BCUT2D eigenvalue weighted by Crippen LogP contribution is -2.44. The molecule has 2 heterocycles. The van der Waals surface area contributed by atoms with Gasteiger partial charge in [0.05, 0.1) is 0 Å². The summed E-state index contributed by atoms with van der Waals surface area (Å²) in [7, 11) is 1.96. The quantitative estimate of drug-likeness (QED) is 0.488. The normalized spacial score (nSPS) is 19.7. The summed E-state index contributed by atoms with van der Waals surface area (Å²) in [5.41, 5.74) is 1.27. The van der Waals surface area contributed by atoms with Crippen LogP contribution in [0.5, 0.6) is 0 Å². The number of hydrogen-bond acceptors (Lipinski definition) is 4. The first kappa shape index (κ1) is 22.3. The van der Waals surface area contributed by atoms with E-state index in [1.165, 1.54) is 31.2 Å². The molecule has 32 heavy (non-hydrogen) atoms. The van der Waals surface area contributed by atoms with E-state index in [9.17, 15) is 4.79 Å². The number of nitrogens with one attached hydrogen (secondary N) is 2. The molecular formula is C24H35N7O. The number of rotatable bonds is 8. The van der Waals surface area contributed by atoms with Crippen LogP contribution in [0.15, 0.2) is 35.3 Å². The number of aryl methyl sites for hydroxylation is 1. The summed E-state index contributed by atoms with van der Waals surface area (Å²) in [6.07, 6.45) is 6.39. The van der Waals surface area contributed by atoms with E-state index in [2.05, 4.69) is 45.1 Å². The van der Waals surface area contributed by atoms with Crippen LogP contribution in [0.3, 0.4) is 0 Å². The second-order valence-corrected chi connectivity index (χ2v) is 9.04. The van der Waals surface area contributed by atoms with Gasteiger partial charge in [0.2, 0.25) is 5.91 Å². The van der Waals surface area contributed by atoms with Gasteiger partial charge in [-0.05, 0) is 31.7 Å². The summed E-state index contributed by atoms with van der Waals surface area (Å²) in [6.45, 7) is 4.75. The number of benzene rings is 1. The van der Waals surface area contributed by atoms with E-state index in [1.54, 1.807) is 0 Å². The molecule has 1 atom stereocenters. The highest BCUT2D eigenvalue weighted by atomic mass is 16.2. The average molecular weight is 438 g/mol. The second-order valence-electron chi connectivity index (χ2n) is 9.04. The van der Waals surface area contributed by atoms with Gasteiger partial charge >= 0.3 is 0 Å². The molecule has 2 fully saturated rings. The van der Waals surface area contributed by atoms with Crippen LogP contribution in [0.4, 0.5) is 0 Å². The molecule has 1 aliphatic carbocycles. The zero-order chi connectivity index (χ0) is 22.3. The Hall–Kier alpha value is -2.90. The fourth-order valence-electron chi connectivity index (χ4n) is 4.51. The lowest BCUT2D eigenvalue weighted by molar-refractivity contribution is -0.127. The minimum absolute atomic E-state index is 0.254. The Labute approximate surface area is 190 Å². The van der Waals surface area contributed by atoms with Crippen molar-refractivity contribution >= 4 is 11.9 Å². The maximum absolute atomic E-state index is 12.5. The smallest absolute Gasteiger partial charge is 0.223 e. The van der Waals surface area contributed by atoms with E-state index >= 15 is 0 Å². The van der Waals surface area contributed by atoms with Crippen LogP contribution < -0.4 is 10.6 Å². The zero-order valence-corrected chi connectivity index (χ0v) is 19.3. The number of aliphatic imine (C=N–C) groups is 1. The Bertz CT molecular complexity index is 918. The number of hydrogen-bond donors (Lipinski definition) is 2. The maximum atomic E-state index is 12.5. The summed E-state index contributed by atoms with van der Waals surface area (Å²) >= 11 is 0. The summed E-state index contributed by atoms with van der Waals surface area (Å²) in [6, 6.07) is 10.8. The number of likely N-dealkylation sites (tertiary alicyclic amines) is 1. The number of amides is 1. The van der Waals surface area contributed by atoms with Crippen molar-refractivity contribution in [1.29, 1.82) is 0 Å². The molecule has 0 spiro atoms. The van der Waals surface area contributed by atoms with Gasteiger partial charge in [-0.3, -0.25) is 4.79 Å². The molecule has 1 saturated heterocycles. The zero-order valence-electron chi connectivity index (χ0n) is 19.3. The molecule has 1 amide bonds. The molecule has 8 nitrogen and oxygen atoms in total. The minimum atomic E-state index is 0.254. The Balaban J connectivity index is 1.31. The van der Waals surface area contributed by atoms with Gasteiger partial charge in [0.15, 0.2) is 11.8 Å². The van der Waals surface area contributed by atoms with Crippen LogP contribution in [0, 0.1) is 12.8 Å². The minimum Gasteiger partial charge on any atom is -0.356 e. The molecule has 1 aromatic heterocycles. The van der Waals surface area contributed by atoms with Gasteiger partial charge < -0.3 is 20.1 Å². The molecule has 8 heteroatoms. The molecule has 1 aliphatic heterocycles. The molecule has 4 rings (SSSR count). The van der Waals surface area contributed by atoms with Crippen LogP contribution in [-0.4, -0.2) is 57.2 Å². The van der Waals surface area contributed by atoms with Crippen molar-refractivity contribution in [3.05, 3.63) is 47.5 Å². The Morgan fingerprint density at radius 2 is 1.97 bits per heavy atom. The van der Waals surface area contributed by atoms with E-state index in [0.717, 1.165) is 43.7 Å². The lowest BCUT2D eigenvalue weighted by Gasteiger charge is -2.20. The molecule has 0 bridgehead atoms. The molecule has 2 aromatic rings. The predicted octanol–water partition coefficient (Wildman–Crippen LogP) is 2.19. The first-order valence-corrected chi connectivity index (χ1v) is 11.8. The lowest BCUT2D eigenvalue weighted by atomic mass is 10.1. The number of guanidine groups is 1. The summed E-state index contributed by atoms with van der Waals surface area (Å²) in [5.74, 6) is 3.09. The van der Waals surface area contributed by atoms with Gasteiger partial charge in [-0.15, -0.1) is 10.2 Å². The molecular weight excluding hydrogens is 402 g/mol. The van der Waals surface area contributed by atoms with Crippen molar-refractivity contribution in [2.24, 2.45) is 18.0 Å². The van der Waals surface area contributed by atoms with E-state index in [4.69, 9.17) is 4.99 Å². The van der Waals surface area contributed by atoms with Crippen molar-refractivity contribution < 1.29 is 4.79 Å². The van der Waals surface area contributed by atoms with E-state index < -0.39 is 0 Å². The highest BCUT2D eigenvalue weighted by molar-refractivity contribution is 5.81. The molecule has 1 unspecified atom stereocenters. The molecule has 1 saturated carbocycles. The van der Waals surface area contributed by atoms with Gasteiger partial charge in [-0.25, -0.2) is 4.99 Å². The fraction of sp³-hybridized carbons (Fsp3) is 0.583. The molecule has 0 radical (unpaired) electrons. The third kappa shape index (κ3) is 5.87. The van der Waals surface area contributed by atoms with Gasteiger partial charge in [-0.1, -0.05) is 43.2 Å². The van der Waals surface area contributed by atoms with Crippen molar-refractivity contribution in [3.63, 3.8) is 0 Å². The largest absolute Gasteiger partial charge is 0.356 e. The van der Waals surface area contributed by atoms with Crippen LogP contribution in [0.25, 0.3) is 0 Å². The van der Waals surface area contributed by atoms with Crippen LogP contribution in [0.1, 0.15) is 49.3 Å². The van der Waals surface area contributed by atoms with E-state index in [1.807, 2.05) is 29.5 Å². The average Bonchev–Trinajstić information content (AvgIpc) is 3.52. The Morgan fingerprint density at radius 1 is 1.19 bits per heavy atom. The van der Waals surface area contributed by atoms with Crippen LogP contribution >= 0.6 is 0 Å². The molecule has 1 aromatic carbocycles. The van der Waals surface area contributed by atoms with E-state index in [0.29, 0.717) is 24.9 Å². The predicted molar refractivity (Wildman–Crippen MR) is 125 cm³/mol.